The number of piperazine rings is 1. The van der Waals surface area contributed by atoms with E-state index in [1.807, 2.05) is 110 Å². The molecule has 4 unspecified atom stereocenters. The van der Waals surface area contributed by atoms with Gasteiger partial charge in [0.2, 0.25) is 0 Å². The summed E-state index contributed by atoms with van der Waals surface area (Å²) in [5, 5.41) is 27.6. The van der Waals surface area contributed by atoms with Crippen LogP contribution in [0, 0.1) is 0 Å². The van der Waals surface area contributed by atoms with Gasteiger partial charge >= 0.3 is 0 Å². The molecule has 0 aliphatic carbocycles. The van der Waals surface area contributed by atoms with Crippen LogP contribution in [0.1, 0.15) is 34.5 Å². The van der Waals surface area contributed by atoms with Gasteiger partial charge in [-0.25, -0.2) is 0 Å². The predicted molar refractivity (Wildman–Crippen MR) is 260 cm³/mol. The van der Waals surface area contributed by atoms with Crippen LogP contribution in [0.4, 0.5) is 0 Å². The molecule has 11 heteroatoms. The summed E-state index contributed by atoms with van der Waals surface area (Å²) in [6, 6.07) is 52.6. The third kappa shape index (κ3) is 11.6. The average molecular weight is 880 g/mol. The molecule has 1 fully saturated rings. The number of aliphatic hydroxyl groups excluding tert-OH is 2. The third-order valence-electron chi connectivity index (χ3n) is 11.8. The molecule has 0 spiro atoms. The molecule has 10 nitrogen and oxygen atoms in total. The van der Waals surface area contributed by atoms with Gasteiger partial charge in [-0.15, -0.1) is 12.4 Å². The van der Waals surface area contributed by atoms with E-state index in [0.29, 0.717) is 26.3 Å². The maximum Gasteiger partial charge on any atom is 0.130 e. The van der Waals surface area contributed by atoms with Gasteiger partial charge in [0.05, 0.1) is 30.0 Å². The van der Waals surface area contributed by atoms with Crippen LogP contribution in [-0.4, -0.2) is 99.7 Å². The van der Waals surface area contributed by atoms with E-state index >= 15 is 0 Å². The number of ether oxygens (including phenoxy) is 2. The molecule has 0 saturated carbocycles. The lowest BCUT2D eigenvalue weighted by molar-refractivity contribution is 0.0594. The number of nitrogens with zero attached hydrogens (tertiary/aromatic N) is 5. The van der Waals surface area contributed by atoms with Crippen LogP contribution in [-0.2, 0) is 13.2 Å². The summed E-state index contributed by atoms with van der Waals surface area (Å²) in [7, 11) is 4.01. The fourth-order valence-electron chi connectivity index (χ4n) is 8.48. The topological polar surface area (TPSA) is 100 Å². The number of hydrogen-bond acceptors (Lipinski definition) is 8. The summed E-state index contributed by atoms with van der Waals surface area (Å²) in [5.74, 6) is 1.65. The number of aliphatic hydroxyl groups is 2. The molecule has 0 radical (unpaired) electrons. The van der Waals surface area contributed by atoms with Gasteiger partial charge < -0.3 is 39.0 Å². The van der Waals surface area contributed by atoms with Gasteiger partial charge in [-0.3, -0.25) is 9.88 Å². The van der Waals surface area contributed by atoms with E-state index in [2.05, 4.69) is 103 Å². The summed E-state index contributed by atoms with van der Waals surface area (Å²) in [5.41, 5.74) is 6.38. The second kappa shape index (κ2) is 22.6. The first-order valence-corrected chi connectivity index (χ1v) is 21.9. The lowest BCUT2D eigenvalue weighted by atomic mass is 10.00. The van der Waals surface area contributed by atoms with E-state index in [1.165, 1.54) is 0 Å². The molecule has 4 heterocycles. The number of likely N-dealkylation sites (N-methyl/N-ethyl adjacent to an activating group) is 2. The Bertz CT molecular complexity index is 2600. The highest BCUT2D eigenvalue weighted by Gasteiger charge is 2.28. The third-order valence-corrected chi connectivity index (χ3v) is 11.8. The zero-order valence-corrected chi connectivity index (χ0v) is 37.4. The number of halogens is 1. The molecule has 0 bridgehead atoms. The fourth-order valence-corrected chi connectivity index (χ4v) is 8.48. The van der Waals surface area contributed by atoms with Gasteiger partial charge in [-0.2, -0.15) is 0 Å². The van der Waals surface area contributed by atoms with Crippen LogP contribution in [0.2, 0.25) is 0 Å². The maximum atomic E-state index is 11.5. The SMILES string of the molecule is CN1CCN(CC(O)C(c2ccccc2)n2ccc3cc(OCc4ccccc4)ccc32)CC1.CNCC(O)C(c1ccccc1)n1ccc2cc(OCc3ccccn3)ccc21.Cl. The van der Waals surface area contributed by atoms with Crippen molar-refractivity contribution >= 4 is 34.2 Å². The highest BCUT2D eigenvalue weighted by atomic mass is 35.5. The molecule has 3 aromatic heterocycles. The molecule has 1 aliphatic rings. The van der Waals surface area contributed by atoms with Crippen LogP contribution < -0.4 is 14.8 Å². The van der Waals surface area contributed by atoms with Crippen molar-refractivity contribution in [3.63, 3.8) is 0 Å². The standard InChI is InChI=1S/C29H33N3O2.C24H25N3O2.ClH/c1-30-16-18-31(19-17-30)21-28(33)29(24-10-6-3-7-11-24)32-15-14-25-20-26(12-13-27(25)32)34-22-23-8-4-2-5-9-23;1-25-16-23(28)24(18-7-3-2-4-8-18)27-14-12-19-15-21(10-11-22(19)27)29-17-20-9-5-6-13-26-20;/h2-15,20,28-29,33H,16-19,21-22H2,1H3;2-15,23-25,28H,16-17H2,1H3;1H. The summed E-state index contributed by atoms with van der Waals surface area (Å²) in [6.45, 7) is 6.20. The number of hydrogen-bond donors (Lipinski definition) is 3. The van der Waals surface area contributed by atoms with Crippen molar-refractivity contribution in [2.75, 3.05) is 53.4 Å². The Morgan fingerprint density at radius 3 is 1.64 bits per heavy atom. The predicted octanol–water partition coefficient (Wildman–Crippen LogP) is 8.62. The van der Waals surface area contributed by atoms with Crippen LogP contribution >= 0.6 is 12.4 Å². The zero-order valence-electron chi connectivity index (χ0n) is 36.6. The van der Waals surface area contributed by atoms with Gasteiger partial charge in [-0.05, 0) is 91.4 Å². The maximum absolute atomic E-state index is 11.5. The first-order valence-electron chi connectivity index (χ1n) is 21.9. The number of β-amino-alcohol motifs (C(OH)–C–C–N with tert-alkyl or cyclic N) is 1. The minimum atomic E-state index is -0.557. The molecule has 332 valence electrons. The average Bonchev–Trinajstić information content (AvgIpc) is 3.94. The van der Waals surface area contributed by atoms with E-state index in [0.717, 1.165) is 81.9 Å². The normalized spacial score (nSPS) is 15.1. The second-order valence-electron chi connectivity index (χ2n) is 16.3. The summed E-state index contributed by atoms with van der Waals surface area (Å²) in [6.07, 6.45) is 4.82. The van der Waals surface area contributed by atoms with E-state index in [1.54, 1.807) is 6.20 Å². The van der Waals surface area contributed by atoms with Crippen molar-refractivity contribution in [2.24, 2.45) is 0 Å². The molecule has 3 N–H and O–H groups in total. The molecule has 4 atom stereocenters. The number of aromatic nitrogens is 3. The van der Waals surface area contributed by atoms with Crippen molar-refractivity contribution in [3.05, 3.63) is 199 Å². The zero-order chi connectivity index (χ0) is 43.4. The van der Waals surface area contributed by atoms with Crippen molar-refractivity contribution < 1.29 is 19.7 Å². The molecular formula is C53H59ClN6O4. The molecule has 0 amide bonds. The van der Waals surface area contributed by atoms with Crippen LogP contribution in [0.5, 0.6) is 11.5 Å². The minimum Gasteiger partial charge on any atom is -0.489 e. The lowest BCUT2D eigenvalue weighted by Gasteiger charge is -2.36. The summed E-state index contributed by atoms with van der Waals surface area (Å²) >= 11 is 0. The van der Waals surface area contributed by atoms with Crippen molar-refractivity contribution in [2.45, 2.75) is 37.5 Å². The highest BCUT2D eigenvalue weighted by molar-refractivity contribution is 5.85. The van der Waals surface area contributed by atoms with Crippen molar-refractivity contribution in [1.29, 1.82) is 0 Å². The van der Waals surface area contributed by atoms with Gasteiger partial charge in [0.15, 0.2) is 0 Å². The van der Waals surface area contributed by atoms with Gasteiger partial charge in [0.1, 0.15) is 24.7 Å². The van der Waals surface area contributed by atoms with E-state index in [4.69, 9.17) is 9.47 Å². The fraction of sp³-hybridized carbons (Fsp3) is 0.264. The Labute approximate surface area is 382 Å². The Balaban J connectivity index is 0.000000191. The molecule has 1 aliphatic heterocycles. The number of rotatable bonds is 16. The van der Waals surface area contributed by atoms with Crippen molar-refractivity contribution in [3.8, 4) is 11.5 Å². The van der Waals surface area contributed by atoms with Gasteiger partial charge in [-0.1, -0.05) is 97.1 Å². The molecule has 64 heavy (non-hydrogen) atoms. The highest BCUT2D eigenvalue weighted by Crippen LogP contribution is 2.32. The largest absolute Gasteiger partial charge is 0.489 e. The number of benzene rings is 5. The number of pyridine rings is 1. The van der Waals surface area contributed by atoms with Crippen LogP contribution in [0.3, 0.4) is 0 Å². The Kier molecular flexibility index (Phi) is 16.2. The minimum absolute atomic E-state index is 0. The Morgan fingerprint density at radius 2 is 1.11 bits per heavy atom. The molecule has 9 rings (SSSR count). The monoisotopic (exact) mass is 878 g/mol. The molecule has 8 aromatic rings. The van der Waals surface area contributed by atoms with Gasteiger partial charge in [0, 0.05) is 79.7 Å². The van der Waals surface area contributed by atoms with Crippen molar-refractivity contribution in [1.82, 2.24) is 29.2 Å². The van der Waals surface area contributed by atoms with Gasteiger partial charge in [0.25, 0.3) is 0 Å². The van der Waals surface area contributed by atoms with E-state index in [9.17, 15) is 10.2 Å². The first-order chi connectivity index (χ1) is 30.9. The lowest BCUT2D eigenvalue weighted by Crippen LogP contribution is -2.48. The Morgan fingerprint density at radius 1 is 0.594 bits per heavy atom. The first kappa shape index (κ1) is 46.0. The number of nitrogens with one attached hydrogen (secondary N) is 1. The Hall–Kier alpha value is -5.98. The van der Waals surface area contributed by atoms with Crippen LogP contribution in [0.25, 0.3) is 21.8 Å². The second-order valence-corrected chi connectivity index (χ2v) is 16.3. The molecular weight excluding hydrogens is 820 g/mol. The quantitative estimate of drug-likeness (QED) is 0.0888. The van der Waals surface area contributed by atoms with E-state index < -0.39 is 12.2 Å². The number of fused-ring (bicyclic) bond motifs is 2. The molecule has 5 aromatic carbocycles. The summed E-state index contributed by atoms with van der Waals surface area (Å²) in [4.78, 5) is 9.01. The smallest absolute Gasteiger partial charge is 0.130 e. The summed E-state index contributed by atoms with van der Waals surface area (Å²) < 4.78 is 16.3. The van der Waals surface area contributed by atoms with Crippen LogP contribution in [0.15, 0.2) is 176 Å². The molecule has 1 saturated heterocycles. The van der Waals surface area contributed by atoms with E-state index in [-0.39, 0.29) is 24.5 Å².